The van der Waals surface area contributed by atoms with E-state index in [1.807, 2.05) is 0 Å². The quantitative estimate of drug-likeness (QED) is 0.498. The number of amides is 1. The van der Waals surface area contributed by atoms with E-state index < -0.39 is 11.0 Å². The highest BCUT2D eigenvalue weighted by molar-refractivity contribution is 7.98. The third kappa shape index (κ3) is 3.43. The van der Waals surface area contributed by atoms with Crippen LogP contribution < -0.4 is 4.72 Å². The number of nitrogens with zero attached hydrogens (tertiary/aromatic N) is 1. The van der Waals surface area contributed by atoms with Gasteiger partial charge in [-0.15, -0.1) is 0 Å². The molecule has 0 heterocycles. The molecule has 0 spiro atoms. The van der Waals surface area contributed by atoms with Crippen LogP contribution in [0, 0.1) is 10.1 Å². The molecule has 0 aromatic heterocycles. The van der Waals surface area contributed by atoms with E-state index in [4.69, 9.17) is 0 Å². The van der Waals surface area contributed by atoms with Crippen molar-refractivity contribution < 1.29 is 14.5 Å². The zero-order valence-corrected chi connectivity index (χ0v) is 9.32. The van der Waals surface area contributed by atoms with Gasteiger partial charge in [-0.1, -0.05) is 12.1 Å². The molecule has 0 saturated heterocycles. The summed E-state index contributed by atoms with van der Waals surface area (Å²) in [7, 11) is 0. The summed E-state index contributed by atoms with van der Waals surface area (Å²) in [6.45, 7) is 1.93. The number of nitrogens with one attached hydrogen (secondary N) is 1. The molecule has 1 aromatic rings. The van der Waals surface area contributed by atoms with Crippen LogP contribution in [0.3, 0.4) is 0 Å². The van der Waals surface area contributed by atoms with Crippen molar-refractivity contribution in [3.8, 4) is 0 Å². The zero-order valence-electron chi connectivity index (χ0n) is 8.50. The minimum atomic E-state index is -0.620. The molecule has 0 aliphatic rings. The standard InChI is InChI=1S/C9H10N2O4S/c1-2-15-9(12)10-16-8-6-4-3-5-7(8)11(13)14/h3-6H,2H2,1H3,(H,10,12). The number of benzene rings is 1. The minimum Gasteiger partial charge on any atom is -0.449 e. The van der Waals surface area contributed by atoms with Crippen molar-refractivity contribution in [1.29, 1.82) is 0 Å². The third-order valence-corrected chi connectivity index (χ3v) is 2.42. The zero-order chi connectivity index (χ0) is 12.0. The molecule has 0 aliphatic heterocycles. The van der Waals surface area contributed by atoms with E-state index in [-0.39, 0.29) is 12.3 Å². The lowest BCUT2D eigenvalue weighted by atomic mass is 10.3. The van der Waals surface area contributed by atoms with Gasteiger partial charge in [-0.2, -0.15) is 0 Å². The summed E-state index contributed by atoms with van der Waals surface area (Å²) >= 11 is 0.857. The molecule has 0 atom stereocenters. The van der Waals surface area contributed by atoms with Gasteiger partial charge in [-0.25, -0.2) is 4.79 Å². The number of nitro groups is 1. The van der Waals surface area contributed by atoms with Crippen molar-refractivity contribution >= 4 is 23.7 Å². The van der Waals surface area contributed by atoms with E-state index in [0.717, 1.165) is 11.9 Å². The van der Waals surface area contributed by atoms with Gasteiger partial charge in [0, 0.05) is 6.07 Å². The van der Waals surface area contributed by atoms with Crippen LogP contribution in [0.25, 0.3) is 0 Å². The number of rotatable bonds is 4. The topological polar surface area (TPSA) is 81.5 Å². The number of ether oxygens (including phenoxy) is 1. The predicted molar refractivity (Wildman–Crippen MR) is 59.1 cm³/mol. The number of hydrogen-bond donors (Lipinski definition) is 1. The van der Waals surface area contributed by atoms with Gasteiger partial charge < -0.3 is 4.74 Å². The summed E-state index contributed by atoms with van der Waals surface area (Å²) in [4.78, 5) is 21.5. The molecular formula is C9H10N2O4S. The van der Waals surface area contributed by atoms with Gasteiger partial charge in [0.2, 0.25) is 0 Å². The Morgan fingerprint density at radius 3 is 2.88 bits per heavy atom. The molecule has 0 radical (unpaired) electrons. The van der Waals surface area contributed by atoms with Crippen molar-refractivity contribution in [2.24, 2.45) is 0 Å². The Morgan fingerprint density at radius 2 is 2.25 bits per heavy atom. The second-order valence-corrected chi connectivity index (χ2v) is 3.50. The lowest BCUT2D eigenvalue weighted by Gasteiger charge is -2.04. The Hall–Kier alpha value is -1.76. The van der Waals surface area contributed by atoms with Crippen molar-refractivity contribution in [1.82, 2.24) is 4.72 Å². The largest absolute Gasteiger partial charge is 0.449 e. The third-order valence-electron chi connectivity index (χ3n) is 1.58. The molecule has 1 rings (SSSR count). The van der Waals surface area contributed by atoms with Gasteiger partial charge in [0.15, 0.2) is 0 Å². The van der Waals surface area contributed by atoms with Crippen LogP contribution in [-0.4, -0.2) is 17.6 Å². The number of carbonyl (C=O) groups is 1. The molecule has 86 valence electrons. The van der Waals surface area contributed by atoms with Crippen LogP contribution in [0.4, 0.5) is 10.5 Å². The van der Waals surface area contributed by atoms with Crippen LogP contribution in [0.1, 0.15) is 6.92 Å². The van der Waals surface area contributed by atoms with E-state index in [1.165, 1.54) is 6.07 Å². The molecule has 0 saturated carbocycles. The second kappa shape index (κ2) is 5.96. The first kappa shape index (κ1) is 12.3. The number of carbonyl (C=O) groups excluding carboxylic acids is 1. The van der Waals surface area contributed by atoms with Crippen molar-refractivity contribution in [2.45, 2.75) is 11.8 Å². The van der Waals surface area contributed by atoms with Crippen LogP contribution in [-0.2, 0) is 4.74 Å². The number of hydrogen-bond acceptors (Lipinski definition) is 5. The second-order valence-electron chi connectivity index (χ2n) is 2.65. The monoisotopic (exact) mass is 242 g/mol. The Balaban J connectivity index is 2.66. The average Bonchev–Trinajstić information content (AvgIpc) is 2.27. The summed E-state index contributed by atoms with van der Waals surface area (Å²) < 4.78 is 6.97. The van der Waals surface area contributed by atoms with Gasteiger partial charge in [0.1, 0.15) is 4.90 Å². The molecule has 0 bridgehead atoms. The van der Waals surface area contributed by atoms with Gasteiger partial charge in [-0.3, -0.25) is 14.8 Å². The fourth-order valence-corrected chi connectivity index (χ4v) is 1.60. The van der Waals surface area contributed by atoms with Crippen molar-refractivity contribution in [2.75, 3.05) is 6.61 Å². The molecule has 7 heteroatoms. The summed E-state index contributed by atoms with van der Waals surface area (Å²) in [6, 6.07) is 6.14. The van der Waals surface area contributed by atoms with E-state index in [2.05, 4.69) is 9.46 Å². The first-order valence-corrected chi connectivity index (χ1v) is 5.29. The highest BCUT2D eigenvalue weighted by Crippen LogP contribution is 2.26. The van der Waals surface area contributed by atoms with Crippen LogP contribution in [0.5, 0.6) is 0 Å². The molecular weight excluding hydrogens is 232 g/mol. The molecule has 0 aliphatic carbocycles. The SMILES string of the molecule is CCOC(=O)NSc1ccccc1[N+](=O)[O-]. The number of nitro benzene ring substituents is 1. The Labute approximate surface area is 96.3 Å². The van der Waals surface area contributed by atoms with Crippen LogP contribution in [0.15, 0.2) is 29.2 Å². The van der Waals surface area contributed by atoms with Gasteiger partial charge >= 0.3 is 6.09 Å². The fraction of sp³-hybridized carbons (Fsp3) is 0.222. The lowest BCUT2D eigenvalue weighted by Crippen LogP contribution is -2.17. The van der Waals surface area contributed by atoms with E-state index in [9.17, 15) is 14.9 Å². The molecule has 1 aromatic carbocycles. The summed E-state index contributed by atoms with van der Waals surface area (Å²) in [5, 5.41) is 10.6. The maximum Gasteiger partial charge on any atom is 0.417 e. The molecule has 1 amide bonds. The summed E-state index contributed by atoms with van der Waals surface area (Å²) in [6.07, 6.45) is -0.620. The van der Waals surface area contributed by atoms with Crippen molar-refractivity contribution in [3.05, 3.63) is 34.4 Å². The normalized spacial score (nSPS) is 9.56. The van der Waals surface area contributed by atoms with E-state index >= 15 is 0 Å². The number of para-hydroxylation sites is 1. The maximum atomic E-state index is 11.0. The van der Waals surface area contributed by atoms with Gasteiger partial charge in [0.05, 0.1) is 11.5 Å². The Bertz CT molecular complexity index is 397. The van der Waals surface area contributed by atoms with Gasteiger partial charge in [0.25, 0.3) is 5.69 Å². The molecule has 16 heavy (non-hydrogen) atoms. The minimum absolute atomic E-state index is 0.0516. The highest BCUT2D eigenvalue weighted by atomic mass is 32.2. The Kier molecular flexibility index (Phi) is 4.59. The predicted octanol–water partition coefficient (Wildman–Crippen LogP) is 2.35. The van der Waals surface area contributed by atoms with E-state index in [0.29, 0.717) is 4.90 Å². The average molecular weight is 242 g/mol. The highest BCUT2D eigenvalue weighted by Gasteiger charge is 2.13. The first-order chi connectivity index (χ1) is 7.65. The first-order valence-electron chi connectivity index (χ1n) is 4.48. The smallest absolute Gasteiger partial charge is 0.417 e. The van der Waals surface area contributed by atoms with Gasteiger partial charge in [-0.05, 0) is 24.9 Å². The summed E-state index contributed by atoms with van der Waals surface area (Å²) in [5.74, 6) is 0. The molecule has 0 unspecified atom stereocenters. The molecule has 0 fully saturated rings. The lowest BCUT2D eigenvalue weighted by molar-refractivity contribution is -0.387. The van der Waals surface area contributed by atoms with E-state index in [1.54, 1.807) is 25.1 Å². The molecule has 1 N–H and O–H groups in total. The Morgan fingerprint density at radius 1 is 1.56 bits per heavy atom. The summed E-state index contributed by atoms with van der Waals surface area (Å²) in [5.41, 5.74) is -0.0516. The van der Waals surface area contributed by atoms with Crippen molar-refractivity contribution in [3.63, 3.8) is 0 Å². The van der Waals surface area contributed by atoms with Crippen LogP contribution in [0.2, 0.25) is 0 Å². The molecule has 6 nitrogen and oxygen atoms in total. The van der Waals surface area contributed by atoms with Crippen LogP contribution >= 0.6 is 11.9 Å². The maximum absolute atomic E-state index is 11.0. The fourth-order valence-electron chi connectivity index (χ4n) is 0.952.